The molecule has 94 valence electrons. The van der Waals surface area contributed by atoms with Gasteiger partial charge in [0, 0.05) is 13.1 Å². The molecule has 1 heterocycles. The van der Waals surface area contributed by atoms with Crippen LogP contribution in [0.5, 0.6) is 0 Å². The molecule has 0 radical (unpaired) electrons. The largest absolute Gasteiger partial charge is 0.397 e. The number of benzene rings is 1. The lowest BCUT2D eigenvalue weighted by Crippen LogP contribution is -2.26. The van der Waals surface area contributed by atoms with Crippen LogP contribution in [0.1, 0.15) is 26.2 Å². The topological polar surface area (TPSA) is 29.3 Å². The predicted molar refractivity (Wildman–Crippen MR) is 66.0 cm³/mol. The van der Waals surface area contributed by atoms with E-state index in [1.54, 1.807) is 0 Å². The summed E-state index contributed by atoms with van der Waals surface area (Å²) in [5.74, 6) is -1.01. The highest BCUT2D eigenvalue weighted by Gasteiger charge is 2.21. The standard InChI is InChI=1S/C13H18F2N2/c1-9-3-2-7-17(8-6-9)13-11(16)5-4-10(14)12(13)15/h4-5,9H,2-3,6-8,16H2,1H3. The molecule has 17 heavy (non-hydrogen) atoms. The zero-order valence-corrected chi connectivity index (χ0v) is 10.0. The number of hydrogen-bond acceptors (Lipinski definition) is 2. The molecule has 0 spiro atoms. The summed E-state index contributed by atoms with van der Waals surface area (Å²) >= 11 is 0. The average Bonchev–Trinajstić information content (AvgIpc) is 2.50. The van der Waals surface area contributed by atoms with E-state index < -0.39 is 11.6 Å². The number of nitrogens with zero attached hydrogens (tertiary/aromatic N) is 1. The van der Waals surface area contributed by atoms with E-state index in [0.29, 0.717) is 11.6 Å². The van der Waals surface area contributed by atoms with Crippen LogP contribution in [0.25, 0.3) is 0 Å². The molecule has 4 heteroatoms. The van der Waals surface area contributed by atoms with Gasteiger partial charge in [-0.1, -0.05) is 6.92 Å². The van der Waals surface area contributed by atoms with Gasteiger partial charge in [-0.15, -0.1) is 0 Å². The third-order valence-corrected chi connectivity index (χ3v) is 3.43. The fraction of sp³-hybridized carbons (Fsp3) is 0.538. The zero-order chi connectivity index (χ0) is 12.4. The summed E-state index contributed by atoms with van der Waals surface area (Å²) in [6, 6.07) is 2.51. The Balaban J connectivity index is 2.30. The molecule has 0 bridgehead atoms. The monoisotopic (exact) mass is 240 g/mol. The number of nitrogen functional groups attached to an aromatic ring is 1. The molecule has 1 unspecified atom stereocenters. The number of rotatable bonds is 1. The summed E-state index contributed by atoms with van der Waals surface area (Å²) in [5.41, 5.74) is 6.31. The Morgan fingerprint density at radius 3 is 2.76 bits per heavy atom. The third kappa shape index (κ3) is 2.51. The summed E-state index contributed by atoms with van der Waals surface area (Å²) in [5, 5.41) is 0. The van der Waals surface area contributed by atoms with Gasteiger partial charge in [0.1, 0.15) is 0 Å². The smallest absolute Gasteiger partial charge is 0.184 e. The third-order valence-electron chi connectivity index (χ3n) is 3.43. The lowest BCUT2D eigenvalue weighted by molar-refractivity contribution is 0.505. The van der Waals surface area contributed by atoms with Crippen molar-refractivity contribution in [2.24, 2.45) is 5.92 Å². The van der Waals surface area contributed by atoms with Crippen LogP contribution in [0.15, 0.2) is 12.1 Å². The molecule has 2 N–H and O–H groups in total. The van der Waals surface area contributed by atoms with Crippen LogP contribution < -0.4 is 10.6 Å². The van der Waals surface area contributed by atoms with Gasteiger partial charge in [0.2, 0.25) is 0 Å². The summed E-state index contributed by atoms with van der Waals surface area (Å²) in [6.07, 6.45) is 3.12. The molecule has 1 fully saturated rings. The number of anilines is 2. The first kappa shape index (κ1) is 12.1. The molecule has 0 amide bonds. The van der Waals surface area contributed by atoms with Gasteiger partial charge < -0.3 is 10.6 Å². The second-order valence-electron chi connectivity index (χ2n) is 4.82. The van der Waals surface area contributed by atoms with E-state index in [2.05, 4.69) is 6.92 Å². The van der Waals surface area contributed by atoms with Crippen molar-refractivity contribution in [3.8, 4) is 0 Å². The quantitative estimate of drug-likeness (QED) is 0.764. The van der Waals surface area contributed by atoms with Gasteiger partial charge in [0.25, 0.3) is 0 Å². The van der Waals surface area contributed by atoms with E-state index in [9.17, 15) is 8.78 Å². The predicted octanol–water partition coefficient (Wildman–Crippen LogP) is 3.17. The Morgan fingerprint density at radius 1 is 1.24 bits per heavy atom. The van der Waals surface area contributed by atoms with E-state index in [1.165, 1.54) is 6.07 Å². The highest BCUT2D eigenvalue weighted by molar-refractivity contribution is 5.68. The Kier molecular flexibility index (Phi) is 3.50. The Morgan fingerprint density at radius 2 is 2.00 bits per heavy atom. The highest BCUT2D eigenvalue weighted by Crippen LogP contribution is 2.31. The van der Waals surface area contributed by atoms with Crippen molar-refractivity contribution in [3.05, 3.63) is 23.8 Å². The van der Waals surface area contributed by atoms with Gasteiger partial charge in [0.15, 0.2) is 11.6 Å². The van der Waals surface area contributed by atoms with Crippen LogP contribution in [0.2, 0.25) is 0 Å². The fourth-order valence-corrected chi connectivity index (χ4v) is 2.36. The minimum atomic E-state index is -0.827. The maximum Gasteiger partial charge on any atom is 0.184 e. The first-order valence-corrected chi connectivity index (χ1v) is 6.08. The Bertz CT molecular complexity index is 407. The summed E-state index contributed by atoms with van der Waals surface area (Å²) in [4.78, 5) is 1.87. The van der Waals surface area contributed by atoms with Gasteiger partial charge in [-0.2, -0.15) is 0 Å². The zero-order valence-electron chi connectivity index (χ0n) is 10.0. The SMILES string of the molecule is CC1CCCN(c2c(N)ccc(F)c2F)CC1. The van der Waals surface area contributed by atoms with Crippen molar-refractivity contribution in [1.29, 1.82) is 0 Å². The molecule has 1 atom stereocenters. The maximum atomic E-state index is 13.8. The molecular formula is C13H18F2N2. The van der Waals surface area contributed by atoms with Crippen molar-refractivity contribution in [3.63, 3.8) is 0 Å². The lowest BCUT2D eigenvalue weighted by atomic mass is 10.0. The molecule has 1 saturated heterocycles. The second kappa shape index (κ2) is 4.90. The number of hydrogen-bond donors (Lipinski definition) is 1. The summed E-state index contributed by atoms with van der Waals surface area (Å²) in [6.45, 7) is 3.68. The first-order chi connectivity index (χ1) is 8.09. The Labute approximate surface area is 100 Å². The lowest BCUT2D eigenvalue weighted by Gasteiger charge is -2.24. The number of nitrogens with two attached hydrogens (primary N) is 1. The first-order valence-electron chi connectivity index (χ1n) is 6.08. The van der Waals surface area contributed by atoms with E-state index in [0.717, 1.165) is 38.4 Å². The average molecular weight is 240 g/mol. The van der Waals surface area contributed by atoms with Gasteiger partial charge in [-0.05, 0) is 37.3 Å². The van der Waals surface area contributed by atoms with Gasteiger partial charge in [-0.3, -0.25) is 0 Å². The van der Waals surface area contributed by atoms with Crippen LogP contribution >= 0.6 is 0 Å². The highest BCUT2D eigenvalue weighted by atomic mass is 19.2. The van der Waals surface area contributed by atoms with Crippen LogP contribution in [0.4, 0.5) is 20.2 Å². The molecule has 0 saturated carbocycles. The maximum absolute atomic E-state index is 13.8. The van der Waals surface area contributed by atoms with Crippen LogP contribution in [0, 0.1) is 17.6 Å². The van der Waals surface area contributed by atoms with Crippen molar-refractivity contribution >= 4 is 11.4 Å². The molecule has 1 aromatic rings. The molecular weight excluding hydrogens is 222 g/mol. The van der Waals surface area contributed by atoms with Gasteiger partial charge in [-0.25, -0.2) is 8.78 Å². The molecule has 2 rings (SSSR count). The molecule has 2 nitrogen and oxygen atoms in total. The van der Waals surface area contributed by atoms with Crippen LogP contribution in [-0.2, 0) is 0 Å². The molecule has 1 aromatic carbocycles. The summed E-state index contributed by atoms with van der Waals surface area (Å²) < 4.78 is 27.0. The van der Waals surface area contributed by atoms with E-state index >= 15 is 0 Å². The number of halogens is 2. The van der Waals surface area contributed by atoms with Crippen molar-refractivity contribution in [2.45, 2.75) is 26.2 Å². The minimum Gasteiger partial charge on any atom is -0.397 e. The second-order valence-corrected chi connectivity index (χ2v) is 4.82. The van der Waals surface area contributed by atoms with Crippen LogP contribution in [-0.4, -0.2) is 13.1 Å². The van der Waals surface area contributed by atoms with Gasteiger partial charge >= 0.3 is 0 Å². The van der Waals surface area contributed by atoms with Gasteiger partial charge in [0.05, 0.1) is 11.4 Å². The van der Waals surface area contributed by atoms with Crippen LogP contribution in [0.3, 0.4) is 0 Å². The molecule has 0 aromatic heterocycles. The molecule has 1 aliphatic rings. The van der Waals surface area contributed by atoms with E-state index in [1.807, 2.05) is 4.90 Å². The van der Waals surface area contributed by atoms with E-state index in [-0.39, 0.29) is 5.69 Å². The van der Waals surface area contributed by atoms with Crippen molar-refractivity contribution in [2.75, 3.05) is 23.7 Å². The minimum absolute atomic E-state index is 0.235. The Hall–Kier alpha value is -1.32. The van der Waals surface area contributed by atoms with E-state index in [4.69, 9.17) is 5.73 Å². The van der Waals surface area contributed by atoms with Crippen molar-refractivity contribution in [1.82, 2.24) is 0 Å². The van der Waals surface area contributed by atoms with Crippen molar-refractivity contribution < 1.29 is 8.78 Å². The summed E-state index contributed by atoms with van der Waals surface area (Å²) in [7, 11) is 0. The fourth-order valence-electron chi connectivity index (χ4n) is 2.36. The molecule has 1 aliphatic heterocycles. The molecule has 0 aliphatic carbocycles. The normalized spacial score (nSPS) is 21.4.